The molecule has 0 atom stereocenters. The average Bonchev–Trinajstić information content (AvgIpc) is 2.25. The summed E-state index contributed by atoms with van der Waals surface area (Å²) in [6.45, 7) is 0. The van der Waals surface area contributed by atoms with Gasteiger partial charge in [-0.15, -0.1) is 0 Å². The van der Waals surface area contributed by atoms with Crippen LogP contribution in [0, 0.1) is 5.82 Å². The smallest absolute Gasteiger partial charge is 0.471 e. The van der Waals surface area contributed by atoms with Gasteiger partial charge in [-0.1, -0.05) is 0 Å². The van der Waals surface area contributed by atoms with Crippen LogP contribution >= 0.6 is 0 Å². The zero-order valence-corrected chi connectivity index (χ0v) is 9.56. The minimum absolute atomic E-state index is 0.143. The van der Waals surface area contributed by atoms with Gasteiger partial charge in [0.2, 0.25) is 0 Å². The van der Waals surface area contributed by atoms with Crippen LogP contribution in [0.5, 0.6) is 0 Å². The summed E-state index contributed by atoms with van der Waals surface area (Å²) in [6.07, 6.45) is -10.7. The zero-order chi connectivity index (χ0) is 16.6. The number of anilines is 1. The lowest BCUT2D eigenvalue weighted by atomic mass is 10.1. The highest BCUT2D eigenvalue weighted by Gasteiger charge is 2.40. The summed E-state index contributed by atoms with van der Waals surface area (Å²) < 4.78 is 86.3. The lowest BCUT2D eigenvalue weighted by Gasteiger charge is -2.14. The first kappa shape index (κ1) is 16.7. The van der Waals surface area contributed by atoms with Gasteiger partial charge >= 0.3 is 24.2 Å². The van der Waals surface area contributed by atoms with Gasteiger partial charge in [-0.05, 0) is 12.1 Å². The summed E-state index contributed by atoms with van der Waals surface area (Å²) >= 11 is 0. The lowest BCUT2D eigenvalue weighted by molar-refractivity contribution is -0.167. The van der Waals surface area contributed by atoms with E-state index in [9.17, 15) is 40.3 Å². The van der Waals surface area contributed by atoms with E-state index >= 15 is 0 Å². The van der Waals surface area contributed by atoms with E-state index in [1.807, 2.05) is 0 Å². The minimum Gasteiger partial charge on any atom is -0.478 e. The summed E-state index contributed by atoms with van der Waals surface area (Å²) in [6, 6.07) is -0.348. The highest BCUT2D eigenvalue weighted by atomic mass is 19.4. The number of hydrogen-bond acceptors (Lipinski definition) is 2. The molecule has 0 saturated heterocycles. The van der Waals surface area contributed by atoms with E-state index in [0.29, 0.717) is 0 Å². The highest BCUT2D eigenvalue weighted by molar-refractivity contribution is 6.02. The van der Waals surface area contributed by atoms with Crippen molar-refractivity contribution in [2.24, 2.45) is 0 Å². The number of benzene rings is 1. The van der Waals surface area contributed by atoms with Crippen LogP contribution in [0.4, 0.5) is 36.4 Å². The minimum atomic E-state index is -5.42. The molecule has 0 bridgehead atoms. The summed E-state index contributed by atoms with van der Waals surface area (Å²) in [5, 5.41) is 9.64. The van der Waals surface area contributed by atoms with Gasteiger partial charge in [-0.3, -0.25) is 4.79 Å². The SMILES string of the molecule is O=C(O)c1cc(C(F)(F)F)c(F)cc1NC(=O)C(F)(F)F. The van der Waals surface area contributed by atoms with Gasteiger partial charge in [0.1, 0.15) is 5.82 Å². The van der Waals surface area contributed by atoms with Crippen molar-refractivity contribution in [3.63, 3.8) is 0 Å². The van der Waals surface area contributed by atoms with E-state index in [2.05, 4.69) is 0 Å². The summed E-state index contributed by atoms with van der Waals surface area (Å²) in [5.41, 5.74) is -4.55. The molecule has 0 aliphatic carbocycles. The second-order valence-electron chi connectivity index (χ2n) is 3.63. The Morgan fingerprint density at radius 3 is 1.95 bits per heavy atom. The van der Waals surface area contributed by atoms with E-state index in [1.54, 1.807) is 0 Å². The Bertz CT molecular complexity index is 592. The number of carbonyl (C=O) groups excluding carboxylic acids is 1. The molecule has 0 fully saturated rings. The van der Waals surface area contributed by atoms with Crippen LogP contribution in [0.1, 0.15) is 15.9 Å². The lowest BCUT2D eigenvalue weighted by Crippen LogP contribution is -2.30. The molecule has 0 aliphatic heterocycles. The Morgan fingerprint density at radius 1 is 1.05 bits per heavy atom. The predicted molar refractivity (Wildman–Crippen MR) is 53.0 cm³/mol. The van der Waals surface area contributed by atoms with Crippen molar-refractivity contribution in [1.82, 2.24) is 0 Å². The third kappa shape index (κ3) is 3.83. The molecule has 0 heterocycles. The predicted octanol–water partition coefficient (Wildman–Crippen LogP) is 3.04. The van der Waals surface area contributed by atoms with Crippen molar-refractivity contribution in [3.8, 4) is 0 Å². The number of alkyl halides is 6. The molecule has 0 unspecified atom stereocenters. The molecule has 0 aromatic heterocycles. The molecular weight excluding hydrogens is 315 g/mol. The van der Waals surface area contributed by atoms with Gasteiger partial charge in [0, 0.05) is 0 Å². The maximum atomic E-state index is 13.2. The third-order valence-electron chi connectivity index (χ3n) is 2.15. The number of carboxylic acids is 1. The molecule has 2 N–H and O–H groups in total. The molecule has 1 rings (SSSR count). The standard InChI is InChI=1S/C10H4F7NO3/c11-5-2-6(18-8(21)10(15,16)17)3(7(19)20)1-4(5)9(12,13)14/h1-2H,(H,18,21)(H,19,20). The van der Waals surface area contributed by atoms with Crippen LogP contribution in [0.2, 0.25) is 0 Å². The summed E-state index contributed by atoms with van der Waals surface area (Å²) in [5.74, 6) is -6.74. The van der Waals surface area contributed by atoms with Crippen LogP contribution in [-0.4, -0.2) is 23.2 Å². The first-order chi connectivity index (χ1) is 9.34. The topological polar surface area (TPSA) is 66.4 Å². The number of amides is 1. The Kier molecular flexibility index (Phi) is 4.16. The number of rotatable bonds is 2. The first-order valence-electron chi connectivity index (χ1n) is 4.86. The summed E-state index contributed by atoms with van der Waals surface area (Å²) in [4.78, 5) is 21.3. The van der Waals surface area contributed by atoms with E-state index < -0.39 is 46.9 Å². The van der Waals surface area contributed by atoms with E-state index in [0.717, 1.165) is 5.32 Å². The van der Waals surface area contributed by atoms with Crippen molar-refractivity contribution in [1.29, 1.82) is 0 Å². The van der Waals surface area contributed by atoms with Gasteiger partial charge in [-0.2, -0.15) is 26.3 Å². The van der Waals surface area contributed by atoms with Crippen LogP contribution in [0.25, 0.3) is 0 Å². The molecule has 11 heteroatoms. The first-order valence-corrected chi connectivity index (χ1v) is 4.86. The monoisotopic (exact) mass is 319 g/mol. The molecule has 0 aliphatic rings. The normalized spacial score (nSPS) is 12.1. The average molecular weight is 319 g/mol. The van der Waals surface area contributed by atoms with E-state index in [4.69, 9.17) is 5.11 Å². The number of halogens is 7. The molecule has 21 heavy (non-hydrogen) atoms. The van der Waals surface area contributed by atoms with Gasteiger partial charge in [0.05, 0.1) is 16.8 Å². The number of carbonyl (C=O) groups is 2. The zero-order valence-electron chi connectivity index (χ0n) is 9.56. The van der Waals surface area contributed by atoms with Crippen LogP contribution in [0.15, 0.2) is 12.1 Å². The van der Waals surface area contributed by atoms with Crippen LogP contribution in [0.3, 0.4) is 0 Å². The highest BCUT2D eigenvalue weighted by Crippen LogP contribution is 2.34. The Labute approximate surface area is 111 Å². The van der Waals surface area contributed by atoms with Gasteiger partial charge < -0.3 is 10.4 Å². The number of nitrogens with one attached hydrogen (secondary N) is 1. The third-order valence-corrected chi connectivity index (χ3v) is 2.15. The largest absolute Gasteiger partial charge is 0.478 e. The van der Waals surface area contributed by atoms with Crippen LogP contribution < -0.4 is 5.32 Å². The molecule has 0 spiro atoms. The molecule has 1 aromatic carbocycles. The van der Waals surface area contributed by atoms with Crippen molar-refractivity contribution >= 4 is 17.6 Å². The van der Waals surface area contributed by atoms with E-state index in [1.165, 1.54) is 0 Å². The second kappa shape index (κ2) is 5.22. The molecular formula is C10H4F7NO3. The fourth-order valence-corrected chi connectivity index (χ4v) is 1.26. The Hall–Kier alpha value is -2.33. The molecule has 4 nitrogen and oxygen atoms in total. The fourth-order valence-electron chi connectivity index (χ4n) is 1.26. The van der Waals surface area contributed by atoms with Crippen molar-refractivity contribution < 1.29 is 45.4 Å². The van der Waals surface area contributed by atoms with Crippen LogP contribution in [-0.2, 0) is 11.0 Å². The maximum Gasteiger partial charge on any atom is 0.471 e. The van der Waals surface area contributed by atoms with Gasteiger partial charge in [0.25, 0.3) is 0 Å². The number of carboxylic acid groups (broad SMARTS) is 1. The van der Waals surface area contributed by atoms with E-state index in [-0.39, 0.29) is 12.1 Å². The fraction of sp³-hybridized carbons (Fsp3) is 0.200. The van der Waals surface area contributed by atoms with Gasteiger partial charge in [0.15, 0.2) is 0 Å². The van der Waals surface area contributed by atoms with Crippen molar-refractivity contribution in [2.45, 2.75) is 12.4 Å². The quantitative estimate of drug-likeness (QED) is 0.824. The molecule has 0 saturated carbocycles. The molecule has 0 radical (unpaired) electrons. The van der Waals surface area contributed by atoms with Crippen molar-refractivity contribution in [3.05, 3.63) is 29.1 Å². The number of hydrogen-bond donors (Lipinski definition) is 2. The molecule has 1 aromatic rings. The Balaban J connectivity index is 3.37. The summed E-state index contributed by atoms with van der Waals surface area (Å²) in [7, 11) is 0. The second-order valence-corrected chi connectivity index (χ2v) is 3.63. The number of aromatic carboxylic acids is 1. The molecule has 1 amide bonds. The maximum absolute atomic E-state index is 13.2. The van der Waals surface area contributed by atoms with Crippen molar-refractivity contribution in [2.75, 3.05) is 5.32 Å². The Morgan fingerprint density at radius 2 is 1.57 bits per heavy atom. The molecule has 116 valence electrons. The van der Waals surface area contributed by atoms with Gasteiger partial charge in [-0.25, -0.2) is 9.18 Å².